The van der Waals surface area contributed by atoms with Crippen LogP contribution in [-0.4, -0.2) is 28.7 Å². The second-order valence-electron chi connectivity index (χ2n) is 4.67. The van der Waals surface area contributed by atoms with Crippen molar-refractivity contribution in [1.82, 2.24) is 0 Å². The van der Waals surface area contributed by atoms with Gasteiger partial charge < -0.3 is 15.5 Å². The van der Waals surface area contributed by atoms with E-state index in [1.54, 1.807) is 6.92 Å². The molecule has 0 aliphatic rings. The number of carboxylic acid groups (broad SMARTS) is 1. The van der Waals surface area contributed by atoms with E-state index in [4.69, 9.17) is 15.5 Å². The minimum Gasteiger partial charge on any atom is -0.478 e. The molecule has 0 saturated heterocycles. The Morgan fingerprint density at radius 3 is 2.27 bits per heavy atom. The van der Waals surface area contributed by atoms with Crippen LogP contribution in [0.1, 0.15) is 57.0 Å². The summed E-state index contributed by atoms with van der Waals surface area (Å²) >= 11 is 0. The average Bonchev–Trinajstić information content (AvgIpc) is 2.64. The summed E-state index contributed by atoms with van der Waals surface area (Å²) < 4.78 is 0. The summed E-state index contributed by atoms with van der Waals surface area (Å²) in [5, 5.41) is 29.1. The van der Waals surface area contributed by atoms with Gasteiger partial charge in [0, 0.05) is 5.57 Å². The van der Waals surface area contributed by atoms with Gasteiger partial charge in [-0.05, 0) is 25.1 Å². The Kier molecular flexibility index (Phi) is 15.2. The number of aliphatic hydroxyl groups is 1. The SMILES string of the molecule is C/C=C(\C=C/CO)C(=O)Nc1ccc(C#N)cc1C(=O)O.CC.CCC. The smallest absolute Gasteiger partial charge is 0.337 e. The van der Waals surface area contributed by atoms with E-state index in [0.717, 1.165) is 0 Å². The van der Waals surface area contributed by atoms with Crippen molar-refractivity contribution in [1.29, 1.82) is 5.26 Å². The fourth-order valence-electron chi connectivity index (χ4n) is 1.58. The highest BCUT2D eigenvalue weighted by atomic mass is 16.4. The third-order valence-electron chi connectivity index (χ3n) is 2.60. The Balaban J connectivity index is 0. The second-order valence-corrected chi connectivity index (χ2v) is 4.67. The molecule has 0 aromatic heterocycles. The molecule has 0 fully saturated rings. The normalized spacial score (nSPS) is 9.96. The number of carbonyl (C=O) groups is 2. The zero-order chi connectivity index (χ0) is 20.5. The number of benzene rings is 1. The number of rotatable bonds is 5. The lowest BCUT2D eigenvalue weighted by Crippen LogP contribution is -2.16. The maximum absolute atomic E-state index is 12.0. The Morgan fingerprint density at radius 1 is 1.27 bits per heavy atom. The number of aliphatic hydroxyl groups excluding tert-OH is 1. The van der Waals surface area contributed by atoms with Gasteiger partial charge in [0.05, 0.1) is 29.5 Å². The summed E-state index contributed by atoms with van der Waals surface area (Å²) in [4.78, 5) is 23.2. The average molecular weight is 360 g/mol. The predicted octanol–water partition coefficient (Wildman–Crippen LogP) is 4.13. The lowest BCUT2D eigenvalue weighted by Gasteiger charge is -2.09. The maximum atomic E-state index is 12.0. The molecule has 1 aromatic rings. The van der Waals surface area contributed by atoms with Gasteiger partial charge in [-0.15, -0.1) is 0 Å². The first-order chi connectivity index (χ1) is 12.4. The number of nitrogens with one attached hydrogen (secondary N) is 1. The number of nitrogens with zero attached hydrogens (tertiary/aromatic N) is 1. The third-order valence-corrected chi connectivity index (χ3v) is 2.60. The van der Waals surface area contributed by atoms with E-state index in [1.807, 2.05) is 19.9 Å². The molecule has 1 rings (SSSR count). The standard InChI is InChI=1S/C15H14N2O4.C3H8.C2H6/c1-2-11(4-3-7-18)14(19)17-13-6-5-10(9-16)8-12(13)15(20)21;1-3-2;1-2/h2-6,8,18H,7H2,1H3,(H,17,19)(H,20,21);3H2,1-2H3;1-2H3/b4-3-,11-2+;;. The van der Waals surface area contributed by atoms with Gasteiger partial charge >= 0.3 is 5.97 Å². The first-order valence-corrected chi connectivity index (χ1v) is 8.47. The molecule has 26 heavy (non-hydrogen) atoms. The number of carboxylic acids is 1. The fraction of sp³-hybridized carbons (Fsp3) is 0.350. The van der Waals surface area contributed by atoms with Gasteiger partial charge in [-0.1, -0.05) is 52.3 Å². The van der Waals surface area contributed by atoms with Crippen molar-refractivity contribution in [3.8, 4) is 6.07 Å². The number of aromatic carboxylic acids is 1. The van der Waals surface area contributed by atoms with Crippen molar-refractivity contribution in [3.05, 3.63) is 53.1 Å². The van der Waals surface area contributed by atoms with Crippen molar-refractivity contribution >= 4 is 17.6 Å². The molecule has 3 N–H and O–H groups in total. The third kappa shape index (κ3) is 9.40. The van der Waals surface area contributed by atoms with Gasteiger partial charge in [-0.3, -0.25) is 4.79 Å². The molecule has 142 valence electrons. The van der Waals surface area contributed by atoms with E-state index in [2.05, 4.69) is 19.2 Å². The van der Waals surface area contributed by atoms with Crippen LogP contribution >= 0.6 is 0 Å². The largest absolute Gasteiger partial charge is 0.478 e. The van der Waals surface area contributed by atoms with Gasteiger partial charge in [0.25, 0.3) is 5.91 Å². The monoisotopic (exact) mass is 360 g/mol. The summed E-state index contributed by atoms with van der Waals surface area (Å²) in [6.45, 7) is 9.69. The number of allylic oxidation sites excluding steroid dienone is 1. The van der Waals surface area contributed by atoms with Crippen LogP contribution in [0.3, 0.4) is 0 Å². The zero-order valence-electron chi connectivity index (χ0n) is 16.0. The number of carbonyl (C=O) groups excluding carboxylic acids is 1. The molecule has 0 atom stereocenters. The van der Waals surface area contributed by atoms with Gasteiger partial charge in [0.1, 0.15) is 0 Å². The molecule has 0 saturated carbocycles. The van der Waals surface area contributed by atoms with Crippen LogP contribution in [0, 0.1) is 11.3 Å². The Bertz CT molecular complexity index is 671. The van der Waals surface area contributed by atoms with Crippen LogP contribution in [0.25, 0.3) is 0 Å². The molecule has 0 aliphatic heterocycles. The summed E-state index contributed by atoms with van der Waals surface area (Å²) in [6, 6.07) is 5.81. The molecule has 0 bridgehead atoms. The molecular weight excluding hydrogens is 332 g/mol. The molecule has 6 nitrogen and oxygen atoms in total. The summed E-state index contributed by atoms with van der Waals surface area (Å²) in [5.74, 6) is -1.75. The van der Waals surface area contributed by atoms with E-state index in [0.29, 0.717) is 0 Å². The second kappa shape index (κ2) is 15.6. The van der Waals surface area contributed by atoms with E-state index in [9.17, 15) is 9.59 Å². The quantitative estimate of drug-likeness (QED) is 0.540. The van der Waals surface area contributed by atoms with Crippen molar-refractivity contribution in [2.45, 2.75) is 41.0 Å². The molecule has 0 aliphatic carbocycles. The minimum absolute atomic E-state index is 0.100. The molecule has 0 unspecified atom stereocenters. The van der Waals surface area contributed by atoms with Crippen LogP contribution in [0.2, 0.25) is 0 Å². The minimum atomic E-state index is -1.24. The molecular formula is C20H28N2O4. The summed E-state index contributed by atoms with van der Waals surface area (Å²) in [5.41, 5.74) is 0.411. The molecule has 1 aromatic carbocycles. The van der Waals surface area contributed by atoms with Crippen LogP contribution in [0.5, 0.6) is 0 Å². The predicted molar refractivity (Wildman–Crippen MR) is 104 cm³/mol. The Morgan fingerprint density at radius 2 is 1.85 bits per heavy atom. The van der Waals surface area contributed by atoms with Gasteiger partial charge in [-0.2, -0.15) is 5.26 Å². The van der Waals surface area contributed by atoms with Gasteiger partial charge in [0.2, 0.25) is 0 Å². The van der Waals surface area contributed by atoms with Crippen LogP contribution in [-0.2, 0) is 4.79 Å². The first-order valence-electron chi connectivity index (χ1n) is 8.47. The summed E-state index contributed by atoms with van der Waals surface area (Å²) in [7, 11) is 0. The number of nitriles is 1. The van der Waals surface area contributed by atoms with Crippen LogP contribution in [0.4, 0.5) is 5.69 Å². The van der Waals surface area contributed by atoms with Crippen molar-refractivity contribution in [2.75, 3.05) is 11.9 Å². The highest BCUT2D eigenvalue weighted by Gasteiger charge is 2.14. The molecule has 6 heteroatoms. The van der Waals surface area contributed by atoms with Crippen molar-refractivity contribution in [3.63, 3.8) is 0 Å². The van der Waals surface area contributed by atoms with Crippen molar-refractivity contribution in [2.24, 2.45) is 0 Å². The Hall–Kier alpha value is -2.91. The van der Waals surface area contributed by atoms with E-state index in [1.165, 1.54) is 42.8 Å². The molecule has 1 amide bonds. The van der Waals surface area contributed by atoms with Crippen molar-refractivity contribution < 1.29 is 19.8 Å². The number of amides is 1. The van der Waals surface area contributed by atoms with Gasteiger partial charge in [0.15, 0.2) is 0 Å². The van der Waals surface area contributed by atoms with E-state index >= 15 is 0 Å². The first kappa shape index (κ1) is 25.3. The Labute approximate surface area is 155 Å². The maximum Gasteiger partial charge on any atom is 0.337 e. The lowest BCUT2D eigenvalue weighted by molar-refractivity contribution is -0.112. The van der Waals surface area contributed by atoms with Crippen LogP contribution in [0.15, 0.2) is 42.0 Å². The van der Waals surface area contributed by atoms with Crippen LogP contribution < -0.4 is 5.32 Å². The fourth-order valence-corrected chi connectivity index (χ4v) is 1.58. The van der Waals surface area contributed by atoms with E-state index in [-0.39, 0.29) is 29.0 Å². The molecule has 0 heterocycles. The molecule has 0 spiro atoms. The lowest BCUT2D eigenvalue weighted by atomic mass is 10.1. The number of hydrogen-bond acceptors (Lipinski definition) is 4. The van der Waals surface area contributed by atoms with Gasteiger partial charge in [-0.25, -0.2) is 4.79 Å². The topological polar surface area (TPSA) is 110 Å². The summed E-state index contributed by atoms with van der Waals surface area (Å²) in [6.07, 6.45) is 5.61. The highest BCUT2D eigenvalue weighted by Crippen LogP contribution is 2.18. The zero-order valence-corrected chi connectivity index (χ0v) is 16.0. The molecule has 0 radical (unpaired) electrons. The highest BCUT2D eigenvalue weighted by molar-refractivity contribution is 6.08. The number of anilines is 1. The number of hydrogen-bond donors (Lipinski definition) is 3. The van der Waals surface area contributed by atoms with E-state index < -0.39 is 11.9 Å².